The molecular formula is C12H15NO2. The fourth-order valence-corrected chi connectivity index (χ4v) is 1.44. The molecule has 0 bridgehead atoms. The topological polar surface area (TPSA) is 39.2 Å². The zero-order valence-electron chi connectivity index (χ0n) is 8.90. The number of nitrogens with zero attached hydrogens (tertiary/aromatic N) is 1. The summed E-state index contributed by atoms with van der Waals surface area (Å²) in [6.45, 7) is 2.25. The van der Waals surface area contributed by atoms with Crippen molar-refractivity contribution < 1.29 is 9.53 Å². The van der Waals surface area contributed by atoms with Gasteiger partial charge in [0.25, 0.3) is 0 Å². The van der Waals surface area contributed by atoms with Gasteiger partial charge in [-0.3, -0.25) is 4.79 Å². The average Bonchev–Trinajstić information content (AvgIpc) is 3.02. The third-order valence-electron chi connectivity index (χ3n) is 2.61. The molecule has 1 aromatic heterocycles. The summed E-state index contributed by atoms with van der Waals surface area (Å²) in [7, 11) is 0. The van der Waals surface area contributed by atoms with E-state index in [0.29, 0.717) is 18.1 Å². The van der Waals surface area contributed by atoms with E-state index in [1.54, 1.807) is 25.3 Å². The molecule has 0 radical (unpaired) electrons. The van der Waals surface area contributed by atoms with Crippen LogP contribution in [0.3, 0.4) is 0 Å². The van der Waals surface area contributed by atoms with Crippen molar-refractivity contribution in [2.45, 2.75) is 26.2 Å². The van der Waals surface area contributed by atoms with Crippen molar-refractivity contribution in [3.05, 3.63) is 23.9 Å². The van der Waals surface area contributed by atoms with Crippen molar-refractivity contribution in [3.8, 4) is 5.88 Å². The molecule has 1 saturated carbocycles. The number of carbonyl (C=O) groups excluding carboxylic acids is 1. The van der Waals surface area contributed by atoms with E-state index >= 15 is 0 Å². The molecule has 1 aliphatic rings. The van der Waals surface area contributed by atoms with Crippen LogP contribution in [-0.2, 0) is 0 Å². The van der Waals surface area contributed by atoms with Crippen LogP contribution in [0.1, 0.15) is 36.5 Å². The number of hydrogen-bond acceptors (Lipinski definition) is 3. The van der Waals surface area contributed by atoms with E-state index in [1.165, 1.54) is 12.8 Å². The molecule has 15 heavy (non-hydrogen) atoms. The number of hydrogen-bond donors (Lipinski definition) is 0. The van der Waals surface area contributed by atoms with Crippen LogP contribution < -0.4 is 4.74 Å². The molecule has 0 aromatic carbocycles. The number of carbonyl (C=O) groups is 1. The molecule has 0 unspecified atom stereocenters. The molecule has 1 aliphatic carbocycles. The molecule has 0 atom stereocenters. The van der Waals surface area contributed by atoms with Crippen molar-refractivity contribution in [2.75, 3.05) is 6.61 Å². The predicted octanol–water partition coefficient (Wildman–Crippen LogP) is 2.46. The molecule has 0 spiro atoms. The molecular weight excluding hydrogens is 190 g/mol. The number of pyridine rings is 1. The molecule has 80 valence electrons. The Balaban J connectivity index is 1.88. The van der Waals surface area contributed by atoms with Crippen LogP contribution in [0.2, 0.25) is 0 Å². The van der Waals surface area contributed by atoms with Gasteiger partial charge in [-0.25, -0.2) is 4.98 Å². The highest BCUT2D eigenvalue weighted by atomic mass is 16.5. The summed E-state index contributed by atoms with van der Waals surface area (Å²) in [6.07, 6.45) is 5.39. The molecule has 0 amide bonds. The summed E-state index contributed by atoms with van der Waals surface area (Å²) in [6, 6.07) is 3.41. The van der Waals surface area contributed by atoms with E-state index in [4.69, 9.17) is 4.74 Å². The van der Waals surface area contributed by atoms with Crippen LogP contribution in [0.15, 0.2) is 18.3 Å². The Labute approximate surface area is 89.5 Å². The van der Waals surface area contributed by atoms with E-state index < -0.39 is 0 Å². The molecule has 3 nitrogen and oxygen atoms in total. The third-order valence-corrected chi connectivity index (χ3v) is 2.61. The van der Waals surface area contributed by atoms with Crippen molar-refractivity contribution in [1.82, 2.24) is 4.98 Å². The molecule has 0 aliphatic heterocycles. The summed E-state index contributed by atoms with van der Waals surface area (Å²) in [5.41, 5.74) is 0.659. The van der Waals surface area contributed by atoms with Gasteiger partial charge in [-0.05, 0) is 25.3 Å². The van der Waals surface area contributed by atoms with Crippen LogP contribution in [0.25, 0.3) is 0 Å². The number of ketones is 1. The van der Waals surface area contributed by atoms with Gasteiger partial charge in [0.2, 0.25) is 5.88 Å². The summed E-state index contributed by atoms with van der Waals surface area (Å²) >= 11 is 0. The normalized spacial score (nSPS) is 15.0. The van der Waals surface area contributed by atoms with E-state index in [9.17, 15) is 4.79 Å². The smallest absolute Gasteiger partial charge is 0.213 e. The minimum atomic E-state index is 0.0458. The first kappa shape index (κ1) is 10.1. The van der Waals surface area contributed by atoms with Crippen LogP contribution >= 0.6 is 0 Å². The average molecular weight is 205 g/mol. The van der Waals surface area contributed by atoms with Gasteiger partial charge in [0.15, 0.2) is 5.78 Å². The summed E-state index contributed by atoms with van der Waals surface area (Å²) in [5, 5.41) is 0. The third kappa shape index (κ3) is 3.05. The quantitative estimate of drug-likeness (QED) is 0.693. The van der Waals surface area contributed by atoms with E-state index in [-0.39, 0.29) is 5.78 Å². The highest BCUT2D eigenvalue weighted by Crippen LogP contribution is 2.32. The fraction of sp³-hybridized carbons (Fsp3) is 0.500. The number of Topliss-reactive ketones (excluding diaryl/α,β-unsaturated/α-hetero) is 1. The lowest BCUT2D eigenvalue weighted by molar-refractivity contribution is 0.101. The lowest BCUT2D eigenvalue weighted by atomic mass is 10.2. The highest BCUT2D eigenvalue weighted by Gasteiger charge is 2.20. The van der Waals surface area contributed by atoms with E-state index in [2.05, 4.69) is 4.98 Å². The maximum Gasteiger partial charge on any atom is 0.213 e. The highest BCUT2D eigenvalue weighted by molar-refractivity contribution is 5.94. The van der Waals surface area contributed by atoms with Crippen molar-refractivity contribution >= 4 is 5.78 Å². The first-order valence-corrected chi connectivity index (χ1v) is 5.35. The monoisotopic (exact) mass is 205 g/mol. The van der Waals surface area contributed by atoms with Crippen molar-refractivity contribution in [3.63, 3.8) is 0 Å². The fourth-order valence-electron chi connectivity index (χ4n) is 1.44. The molecule has 3 heteroatoms. The van der Waals surface area contributed by atoms with Gasteiger partial charge in [0.1, 0.15) is 0 Å². The molecule has 2 rings (SSSR count). The first-order valence-electron chi connectivity index (χ1n) is 5.35. The van der Waals surface area contributed by atoms with Gasteiger partial charge < -0.3 is 4.74 Å². The Kier molecular flexibility index (Phi) is 2.99. The van der Waals surface area contributed by atoms with E-state index in [1.807, 2.05) is 0 Å². The van der Waals surface area contributed by atoms with Gasteiger partial charge in [-0.1, -0.05) is 12.8 Å². The number of ether oxygens (including phenoxy) is 1. The second-order valence-corrected chi connectivity index (χ2v) is 4.02. The van der Waals surface area contributed by atoms with Gasteiger partial charge >= 0.3 is 0 Å². The molecule has 0 saturated heterocycles. The molecule has 1 aromatic rings. The van der Waals surface area contributed by atoms with Crippen LogP contribution in [0.4, 0.5) is 0 Å². The Morgan fingerprint density at radius 1 is 1.60 bits per heavy atom. The summed E-state index contributed by atoms with van der Waals surface area (Å²) < 4.78 is 5.48. The Hall–Kier alpha value is -1.38. The summed E-state index contributed by atoms with van der Waals surface area (Å²) in [5.74, 6) is 1.47. The molecule has 1 heterocycles. The Bertz CT molecular complexity index is 358. The lowest BCUT2D eigenvalue weighted by Crippen LogP contribution is -2.01. The molecule has 1 fully saturated rings. The van der Waals surface area contributed by atoms with Gasteiger partial charge in [0.05, 0.1) is 6.61 Å². The SMILES string of the molecule is CC(=O)c1ccnc(OCCC2CC2)c1. The Morgan fingerprint density at radius 2 is 2.40 bits per heavy atom. The van der Waals surface area contributed by atoms with Gasteiger partial charge in [-0.15, -0.1) is 0 Å². The second-order valence-electron chi connectivity index (χ2n) is 4.02. The zero-order chi connectivity index (χ0) is 10.7. The van der Waals surface area contributed by atoms with E-state index in [0.717, 1.165) is 12.3 Å². The second kappa shape index (κ2) is 4.43. The predicted molar refractivity (Wildman–Crippen MR) is 57.1 cm³/mol. The maximum atomic E-state index is 11.1. The first-order chi connectivity index (χ1) is 7.25. The van der Waals surface area contributed by atoms with Gasteiger partial charge in [0, 0.05) is 17.8 Å². The zero-order valence-corrected chi connectivity index (χ0v) is 8.90. The van der Waals surface area contributed by atoms with Crippen molar-refractivity contribution in [2.24, 2.45) is 5.92 Å². The minimum Gasteiger partial charge on any atom is -0.478 e. The van der Waals surface area contributed by atoms with Crippen molar-refractivity contribution in [1.29, 1.82) is 0 Å². The maximum absolute atomic E-state index is 11.1. The largest absolute Gasteiger partial charge is 0.478 e. The van der Waals surface area contributed by atoms with Crippen LogP contribution in [0.5, 0.6) is 5.88 Å². The Morgan fingerprint density at radius 3 is 3.07 bits per heavy atom. The number of rotatable bonds is 5. The molecule has 0 N–H and O–H groups in total. The standard InChI is InChI=1S/C12H15NO2/c1-9(14)11-4-6-13-12(8-11)15-7-5-10-2-3-10/h4,6,8,10H,2-3,5,7H2,1H3. The van der Waals surface area contributed by atoms with Gasteiger partial charge in [-0.2, -0.15) is 0 Å². The lowest BCUT2D eigenvalue weighted by Gasteiger charge is -2.04. The summed E-state index contributed by atoms with van der Waals surface area (Å²) in [4.78, 5) is 15.2. The minimum absolute atomic E-state index is 0.0458. The van der Waals surface area contributed by atoms with Crippen LogP contribution in [-0.4, -0.2) is 17.4 Å². The number of aromatic nitrogens is 1. The van der Waals surface area contributed by atoms with Crippen LogP contribution in [0, 0.1) is 5.92 Å².